The summed E-state index contributed by atoms with van der Waals surface area (Å²) in [6, 6.07) is 6.41. The lowest BCUT2D eigenvalue weighted by molar-refractivity contribution is -0.276. The molecule has 0 radical (unpaired) electrons. The Morgan fingerprint density at radius 1 is 1.18 bits per heavy atom. The number of carbonyl (C=O) groups excluding carboxylic acids is 2. The molecule has 1 aromatic carbocycles. The van der Waals surface area contributed by atoms with E-state index in [1.54, 1.807) is 0 Å². The third-order valence-corrected chi connectivity index (χ3v) is 5.10. The summed E-state index contributed by atoms with van der Waals surface area (Å²) in [5, 5.41) is 0. The molecule has 6 nitrogen and oxygen atoms in total. The van der Waals surface area contributed by atoms with Gasteiger partial charge in [-0.15, -0.1) is 0 Å². The molecule has 0 bridgehead atoms. The highest BCUT2D eigenvalue weighted by atomic mass is 19.4. The maximum absolute atomic E-state index is 13.8. The van der Waals surface area contributed by atoms with E-state index in [1.165, 1.54) is 18.2 Å². The van der Waals surface area contributed by atoms with Gasteiger partial charge >= 0.3 is 12.1 Å². The second kappa shape index (κ2) is 7.81. The van der Waals surface area contributed by atoms with Crippen molar-refractivity contribution in [2.75, 3.05) is 20.3 Å². The van der Waals surface area contributed by atoms with E-state index in [4.69, 9.17) is 14.2 Å². The predicted octanol–water partition coefficient (Wildman–Crippen LogP) is 2.89. The Balaban J connectivity index is 1.70. The van der Waals surface area contributed by atoms with Gasteiger partial charge in [0.25, 0.3) is 5.60 Å². The van der Waals surface area contributed by atoms with Gasteiger partial charge in [0.2, 0.25) is 5.78 Å². The molecule has 3 rings (SSSR count). The van der Waals surface area contributed by atoms with E-state index >= 15 is 0 Å². The largest absolute Gasteiger partial charge is 0.455 e. The number of rotatable bonds is 6. The van der Waals surface area contributed by atoms with Crippen molar-refractivity contribution < 1.29 is 41.7 Å². The van der Waals surface area contributed by atoms with Crippen LogP contribution in [0.1, 0.15) is 31.2 Å². The first-order chi connectivity index (χ1) is 13.2. The molecule has 2 atom stereocenters. The van der Waals surface area contributed by atoms with E-state index in [1.807, 2.05) is 0 Å². The molecular formula is C19H21F3O6. The number of hydrogen-bond donors (Lipinski definition) is 0. The molecule has 9 heteroatoms. The summed E-state index contributed by atoms with van der Waals surface area (Å²) in [6.45, 7) is -0.874. The zero-order valence-electron chi connectivity index (χ0n) is 15.3. The van der Waals surface area contributed by atoms with Gasteiger partial charge < -0.3 is 18.9 Å². The number of ether oxygens (including phenoxy) is 4. The number of halogens is 3. The Hall–Kier alpha value is -1.97. The van der Waals surface area contributed by atoms with Crippen LogP contribution in [0.5, 0.6) is 0 Å². The average molecular weight is 402 g/mol. The average Bonchev–Trinajstić information content (AvgIpc) is 3.30. The zero-order valence-corrected chi connectivity index (χ0v) is 15.3. The van der Waals surface area contributed by atoms with Crippen molar-refractivity contribution in [1.29, 1.82) is 0 Å². The summed E-state index contributed by atoms with van der Waals surface area (Å²) in [6.07, 6.45) is -2.92. The van der Waals surface area contributed by atoms with Crippen molar-refractivity contribution in [3.63, 3.8) is 0 Å². The van der Waals surface area contributed by atoms with Gasteiger partial charge in [0.1, 0.15) is 6.10 Å². The quantitative estimate of drug-likeness (QED) is 0.682. The smallest absolute Gasteiger partial charge is 0.432 e. The Labute approximate surface area is 159 Å². The normalized spacial score (nSPS) is 23.5. The van der Waals surface area contributed by atoms with E-state index in [2.05, 4.69) is 4.74 Å². The van der Waals surface area contributed by atoms with Gasteiger partial charge in [0, 0.05) is 25.5 Å². The maximum atomic E-state index is 13.8. The summed E-state index contributed by atoms with van der Waals surface area (Å²) in [4.78, 5) is 24.7. The molecule has 1 saturated carbocycles. The minimum Gasteiger partial charge on any atom is -0.455 e. The molecule has 1 spiro atoms. The standard InChI is InChI=1S/C19H21F3O6/c1-25-18(19(20,21)22,13-7-3-2-4-8-13)16(24)26-11-14(23)15-12-27-17(28-15)9-5-6-10-17/h2-4,7-8,15H,5-6,9-12H2,1H3/t15-,18-/m0/s1. The molecule has 28 heavy (non-hydrogen) atoms. The molecule has 154 valence electrons. The van der Waals surface area contributed by atoms with Gasteiger partial charge in [-0.1, -0.05) is 30.3 Å². The lowest BCUT2D eigenvalue weighted by Crippen LogP contribution is -2.52. The van der Waals surface area contributed by atoms with Gasteiger partial charge in [-0.3, -0.25) is 4.79 Å². The summed E-state index contributed by atoms with van der Waals surface area (Å²) >= 11 is 0. The molecule has 1 aliphatic carbocycles. The highest BCUT2D eigenvalue weighted by Gasteiger charge is 2.64. The molecule has 1 heterocycles. The van der Waals surface area contributed by atoms with E-state index in [-0.39, 0.29) is 6.61 Å². The molecule has 0 amide bonds. The molecule has 0 unspecified atom stereocenters. The third kappa shape index (κ3) is 3.66. The third-order valence-electron chi connectivity index (χ3n) is 5.10. The van der Waals surface area contributed by atoms with Gasteiger partial charge in [-0.25, -0.2) is 4.79 Å². The predicted molar refractivity (Wildman–Crippen MR) is 89.2 cm³/mol. The Morgan fingerprint density at radius 2 is 1.82 bits per heavy atom. The van der Waals surface area contributed by atoms with E-state index in [0.29, 0.717) is 12.8 Å². The number of carbonyl (C=O) groups is 2. The van der Waals surface area contributed by atoms with Crippen molar-refractivity contribution in [3.05, 3.63) is 35.9 Å². The highest BCUT2D eigenvalue weighted by molar-refractivity contribution is 5.89. The topological polar surface area (TPSA) is 71.1 Å². The zero-order chi connectivity index (χ0) is 20.4. The Kier molecular flexibility index (Phi) is 5.79. The van der Waals surface area contributed by atoms with Gasteiger partial charge in [-0.05, 0) is 12.8 Å². The molecular weight excluding hydrogens is 381 g/mol. The number of esters is 1. The molecule has 1 aromatic rings. The molecule has 1 saturated heterocycles. The first kappa shape index (κ1) is 20.8. The first-order valence-corrected chi connectivity index (χ1v) is 8.93. The van der Waals surface area contributed by atoms with Gasteiger partial charge in [-0.2, -0.15) is 13.2 Å². The van der Waals surface area contributed by atoms with E-state index in [0.717, 1.165) is 32.1 Å². The van der Waals surface area contributed by atoms with Crippen LogP contribution in [-0.2, 0) is 34.1 Å². The van der Waals surface area contributed by atoms with Crippen molar-refractivity contribution in [2.45, 2.75) is 49.4 Å². The summed E-state index contributed by atoms with van der Waals surface area (Å²) in [7, 11) is 0.765. The van der Waals surface area contributed by atoms with E-state index < -0.39 is 47.6 Å². The second-order valence-corrected chi connectivity index (χ2v) is 6.83. The first-order valence-electron chi connectivity index (χ1n) is 8.93. The second-order valence-electron chi connectivity index (χ2n) is 6.83. The van der Waals surface area contributed by atoms with Crippen LogP contribution < -0.4 is 0 Å². The van der Waals surface area contributed by atoms with Crippen molar-refractivity contribution in [3.8, 4) is 0 Å². The molecule has 2 aliphatic rings. The minimum atomic E-state index is -5.09. The SMILES string of the molecule is CO[C@](C(=O)OCC(=O)[C@@H]1COC2(CCCC2)O1)(c1ccccc1)C(F)(F)F. The number of benzene rings is 1. The van der Waals surface area contributed by atoms with Gasteiger partial charge in [0.15, 0.2) is 12.4 Å². The van der Waals surface area contributed by atoms with Crippen molar-refractivity contribution in [1.82, 2.24) is 0 Å². The van der Waals surface area contributed by atoms with Crippen LogP contribution >= 0.6 is 0 Å². The summed E-state index contributed by atoms with van der Waals surface area (Å²) in [5.74, 6) is -3.16. The highest BCUT2D eigenvalue weighted by Crippen LogP contribution is 2.43. The number of Topliss-reactive ketones (excluding diaryl/α,β-unsaturated/α-hetero) is 1. The monoisotopic (exact) mass is 402 g/mol. The maximum Gasteiger partial charge on any atom is 0.432 e. The number of ketones is 1. The fourth-order valence-corrected chi connectivity index (χ4v) is 3.61. The van der Waals surface area contributed by atoms with E-state index in [9.17, 15) is 22.8 Å². The molecule has 1 aliphatic heterocycles. The van der Waals surface area contributed by atoms with Crippen LogP contribution in [0.25, 0.3) is 0 Å². The number of alkyl halides is 3. The van der Waals surface area contributed by atoms with Crippen molar-refractivity contribution in [2.24, 2.45) is 0 Å². The van der Waals surface area contributed by atoms with Crippen LogP contribution in [0.15, 0.2) is 30.3 Å². The molecule has 2 fully saturated rings. The van der Waals surface area contributed by atoms with Crippen LogP contribution in [-0.4, -0.2) is 50.1 Å². The molecule has 0 aromatic heterocycles. The number of hydrogen-bond acceptors (Lipinski definition) is 6. The summed E-state index contributed by atoms with van der Waals surface area (Å²) < 4.78 is 61.9. The van der Waals surface area contributed by atoms with Gasteiger partial charge in [0.05, 0.1) is 6.61 Å². The fraction of sp³-hybridized carbons (Fsp3) is 0.579. The van der Waals surface area contributed by atoms with Crippen LogP contribution in [0.2, 0.25) is 0 Å². The van der Waals surface area contributed by atoms with Crippen LogP contribution in [0, 0.1) is 0 Å². The molecule has 0 N–H and O–H groups in total. The minimum absolute atomic E-state index is 0.0102. The Morgan fingerprint density at radius 3 is 2.39 bits per heavy atom. The van der Waals surface area contributed by atoms with Crippen molar-refractivity contribution >= 4 is 11.8 Å². The lowest BCUT2D eigenvalue weighted by atomic mass is 9.93. The van der Waals surface area contributed by atoms with Crippen LogP contribution in [0.4, 0.5) is 13.2 Å². The number of methoxy groups -OCH3 is 1. The van der Waals surface area contributed by atoms with Crippen LogP contribution in [0.3, 0.4) is 0 Å². The lowest BCUT2D eigenvalue weighted by Gasteiger charge is -2.32. The fourth-order valence-electron chi connectivity index (χ4n) is 3.61. The summed E-state index contributed by atoms with van der Waals surface area (Å²) in [5.41, 5.74) is -3.76. The Bertz CT molecular complexity index is 714.